The maximum atomic E-state index is 12.2. The molecule has 1 aromatic heterocycles. The van der Waals surface area contributed by atoms with Gasteiger partial charge in [0, 0.05) is 22.2 Å². The Labute approximate surface area is 124 Å². The Morgan fingerprint density at radius 3 is 2.43 bits per heavy atom. The molecule has 0 atom stereocenters. The van der Waals surface area contributed by atoms with Crippen LogP contribution >= 0.6 is 0 Å². The highest BCUT2D eigenvalue weighted by molar-refractivity contribution is 7.93. The molecule has 0 saturated carbocycles. The molecule has 1 heterocycles. The number of hydrogen-bond acceptors (Lipinski definition) is 5. The van der Waals surface area contributed by atoms with Crippen molar-refractivity contribution in [3.63, 3.8) is 0 Å². The molecule has 0 amide bonds. The van der Waals surface area contributed by atoms with E-state index in [2.05, 4.69) is 19.1 Å². The lowest BCUT2D eigenvalue weighted by Crippen LogP contribution is -2.13. The van der Waals surface area contributed by atoms with Crippen molar-refractivity contribution in [2.24, 2.45) is 4.36 Å². The molecule has 0 bridgehead atoms. The number of H-pyrrole nitrogens is 1. The van der Waals surface area contributed by atoms with E-state index < -0.39 is 19.8 Å². The lowest BCUT2D eigenvalue weighted by molar-refractivity contribution is 0.598. The van der Waals surface area contributed by atoms with E-state index in [4.69, 9.17) is 0 Å². The number of rotatable bonds is 4. The van der Waals surface area contributed by atoms with Gasteiger partial charge in [0.05, 0.1) is 17.6 Å². The van der Waals surface area contributed by atoms with Gasteiger partial charge in [-0.3, -0.25) is 4.72 Å². The molecule has 9 heteroatoms. The molecule has 1 aromatic carbocycles. The summed E-state index contributed by atoms with van der Waals surface area (Å²) in [7, 11) is -6.19. The molecule has 0 saturated heterocycles. The van der Waals surface area contributed by atoms with Gasteiger partial charge in [0.25, 0.3) is 10.0 Å². The van der Waals surface area contributed by atoms with Crippen molar-refractivity contribution in [1.29, 1.82) is 0 Å². The first-order valence-electron chi connectivity index (χ1n) is 5.98. The lowest BCUT2D eigenvalue weighted by Gasteiger charge is -2.09. The molecule has 0 aliphatic rings. The second-order valence-electron chi connectivity index (χ2n) is 4.73. The minimum absolute atomic E-state index is 0.0384. The average Bonchev–Trinajstić information content (AvgIpc) is 2.77. The van der Waals surface area contributed by atoms with Gasteiger partial charge in [-0.25, -0.2) is 9.19 Å². The molecular formula is C12H16N4O3S2. The Balaban J connectivity index is 2.43. The molecule has 21 heavy (non-hydrogen) atoms. The second-order valence-corrected chi connectivity index (χ2v) is 8.92. The summed E-state index contributed by atoms with van der Waals surface area (Å²) < 4.78 is 42.7. The Hall–Kier alpha value is -1.87. The van der Waals surface area contributed by atoms with Crippen LogP contribution in [-0.2, 0) is 19.8 Å². The highest BCUT2D eigenvalue weighted by Crippen LogP contribution is 2.27. The number of imidazole rings is 1. The normalized spacial score (nSPS) is 12.1. The molecule has 0 aliphatic carbocycles. The van der Waals surface area contributed by atoms with E-state index in [1.54, 1.807) is 31.2 Å². The fourth-order valence-electron chi connectivity index (χ4n) is 1.61. The first-order valence-corrected chi connectivity index (χ1v) is 9.79. The number of aromatic amines is 1. The van der Waals surface area contributed by atoms with Crippen LogP contribution in [-0.4, -0.2) is 35.1 Å². The fraction of sp³-hybridized carbons (Fsp3) is 0.250. The highest BCUT2D eigenvalue weighted by atomic mass is 32.2. The molecule has 0 spiro atoms. The van der Waals surface area contributed by atoms with Gasteiger partial charge in [-0.05, 0) is 19.1 Å². The van der Waals surface area contributed by atoms with E-state index in [1.165, 1.54) is 18.7 Å². The minimum Gasteiger partial charge on any atom is -0.332 e. The molecule has 0 radical (unpaired) electrons. The van der Waals surface area contributed by atoms with Gasteiger partial charge in [0.1, 0.15) is 5.82 Å². The van der Waals surface area contributed by atoms with Gasteiger partial charge in [0.2, 0.25) is 0 Å². The van der Waals surface area contributed by atoms with Crippen molar-refractivity contribution >= 4 is 31.1 Å². The predicted molar refractivity (Wildman–Crippen MR) is 82.7 cm³/mol. The number of para-hydroxylation sites is 1. The number of nitrogens with one attached hydrogen (secondary N) is 2. The summed E-state index contributed by atoms with van der Waals surface area (Å²) in [6.45, 7) is 1.66. The van der Waals surface area contributed by atoms with Crippen LogP contribution in [0.5, 0.6) is 0 Å². The number of benzene rings is 1. The van der Waals surface area contributed by atoms with E-state index in [0.717, 1.165) is 0 Å². The van der Waals surface area contributed by atoms with E-state index >= 15 is 0 Å². The summed E-state index contributed by atoms with van der Waals surface area (Å²) in [6.07, 6.45) is 4.20. The molecular weight excluding hydrogens is 312 g/mol. The monoisotopic (exact) mass is 328 g/mol. The minimum atomic E-state index is -3.79. The quantitative estimate of drug-likeness (QED) is 0.894. The van der Waals surface area contributed by atoms with Crippen LogP contribution in [0.25, 0.3) is 0 Å². The molecule has 2 aromatic rings. The number of hydrogen-bond donors (Lipinski definition) is 2. The van der Waals surface area contributed by atoms with Crippen LogP contribution < -0.4 is 4.72 Å². The maximum Gasteiger partial charge on any atom is 0.279 e. The van der Waals surface area contributed by atoms with Crippen molar-refractivity contribution < 1.29 is 12.6 Å². The highest BCUT2D eigenvalue weighted by Gasteiger charge is 2.18. The Bertz CT molecular complexity index is 869. The van der Waals surface area contributed by atoms with Gasteiger partial charge in [-0.2, -0.15) is 12.8 Å². The van der Waals surface area contributed by atoms with Crippen molar-refractivity contribution in [3.8, 4) is 0 Å². The van der Waals surface area contributed by atoms with Crippen molar-refractivity contribution in [3.05, 3.63) is 36.3 Å². The van der Waals surface area contributed by atoms with Gasteiger partial charge in [-0.1, -0.05) is 12.1 Å². The van der Waals surface area contributed by atoms with Crippen LogP contribution in [0.15, 0.2) is 39.9 Å². The maximum absolute atomic E-state index is 12.2. The summed E-state index contributed by atoms with van der Waals surface area (Å²) >= 11 is 0. The molecule has 0 unspecified atom stereocenters. The smallest absolute Gasteiger partial charge is 0.279 e. The molecule has 0 fully saturated rings. The van der Waals surface area contributed by atoms with Crippen LogP contribution in [0, 0.1) is 6.92 Å². The fourth-order valence-corrected chi connectivity index (χ4v) is 3.29. The zero-order valence-electron chi connectivity index (χ0n) is 11.8. The number of anilines is 1. The van der Waals surface area contributed by atoms with Gasteiger partial charge < -0.3 is 4.98 Å². The van der Waals surface area contributed by atoms with Gasteiger partial charge in [0.15, 0.2) is 5.03 Å². The van der Waals surface area contributed by atoms with E-state index in [1.807, 2.05) is 0 Å². The number of aryl methyl sites for hydroxylation is 1. The first-order chi connectivity index (χ1) is 9.67. The predicted octanol–water partition coefficient (Wildman–Crippen LogP) is 1.88. The Kier molecular flexibility index (Phi) is 4.06. The van der Waals surface area contributed by atoms with Crippen molar-refractivity contribution in [1.82, 2.24) is 9.97 Å². The van der Waals surface area contributed by atoms with Gasteiger partial charge in [-0.15, -0.1) is 0 Å². The van der Waals surface area contributed by atoms with Crippen molar-refractivity contribution in [2.75, 3.05) is 17.2 Å². The van der Waals surface area contributed by atoms with E-state index in [9.17, 15) is 12.6 Å². The molecule has 114 valence electrons. The Morgan fingerprint density at radius 2 is 1.86 bits per heavy atom. The summed E-state index contributed by atoms with van der Waals surface area (Å²) in [5.41, 5.74) is 0.591. The summed E-state index contributed by atoms with van der Waals surface area (Å²) in [5, 5.41) is -0.0384. The molecule has 7 nitrogen and oxygen atoms in total. The van der Waals surface area contributed by atoms with E-state index in [0.29, 0.717) is 11.5 Å². The summed E-state index contributed by atoms with van der Waals surface area (Å²) in [5.74, 6) is 0.499. The lowest BCUT2D eigenvalue weighted by atomic mass is 10.3. The molecule has 2 rings (SSSR count). The third kappa shape index (κ3) is 4.05. The molecule has 2 N–H and O–H groups in total. The summed E-state index contributed by atoms with van der Waals surface area (Å²) in [6, 6.07) is 6.53. The average molecular weight is 328 g/mol. The van der Waals surface area contributed by atoms with Crippen LogP contribution in [0.3, 0.4) is 0 Å². The Morgan fingerprint density at radius 1 is 1.19 bits per heavy atom. The van der Waals surface area contributed by atoms with Crippen molar-refractivity contribution in [2.45, 2.75) is 11.9 Å². The third-order valence-electron chi connectivity index (χ3n) is 2.44. The van der Waals surface area contributed by atoms with E-state index in [-0.39, 0.29) is 10.7 Å². The topological polar surface area (TPSA) is 104 Å². The van der Waals surface area contributed by atoms with Crippen LogP contribution in [0.1, 0.15) is 5.82 Å². The summed E-state index contributed by atoms with van der Waals surface area (Å²) in [4.78, 5) is 6.52. The largest absolute Gasteiger partial charge is 0.332 e. The van der Waals surface area contributed by atoms with Crippen LogP contribution in [0.2, 0.25) is 0 Å². The number of aromatic nitrogens is 2. The standard InChI is InChI=1S/C12H16N4O3S2/c1-9-13-8-12(14-9)21(18,19)16-11-7-5-4-6-10(11)15-20(2,3)17/h4-8,16H,1-3H3,(H,13,14). The third-order valence-corrected chi connectivity index (χ3v) is 4.35. The zero-order chi connectivity index (χ0) is 15.7. The van der Waals surface area contributed by atoms with Crippen LogP contribution in [0.4, 0.5) is 11.4 Å². The number of sulfonamides is 1. The molecule has 0 aliphatic heterocycles. The van der Waals surface area contributed by atoms with Gasteiger partial charge >= 0.3 is 0 Å². The SMILES string of the molecule is Cc1ncc(S(=O)(=O)Nc2ccccc2N=S(C)(C)=O)[nH]1. The first kappa shape index (κ1) is 15.5. The second kappa shape index (κ2) is 5.49. The zero-order valence-corrected chi connectivity index (χ0v) is 13.5. The number of nitrogens with zero attached hydrogens (tertiary/aromatic N) is 2.